The monoisotopic (exact) mass is 669 g/mol. The van der Waals surface area contributed by atoms with Crippen molar-refractivity contribution in [1.82, 2.24) is 15.0 Å². The Morgan fingerprint density at radius 3 is 0.863 bits per heavy atom. The van der Waals surface area contributed by atoms with Gasteiger partial charge < -0.3 is 14.2 Å². The molecular formula is C42H27N3O6. The molecule has 0 aliphatic rings. The molecule has 0 radical (unpaired) electrons. The van der Waals surface area contributed by atoms with Crippen molar-refractivity contribution in [2.24, 2.45) is 0 Å². The van der Waals surface area contributed by atoms with Crippen LogP contribution in [0.4, 0.5) is 0 Å². The lowest BCUT2D eigenvalue weighted by Gasteiger charge is -2.11. The number of aromatic nitrogens is 3. The van der Waals surface area contributed by atoms with Crippen LogP contribution < -0.4 is 14.2 Å². The van der Waals surface area contributed by atoms with E-state index in [1.54, 1.807) is 36.4 Å². The summed E-state index contributed by atoms with van der Waals surface area (Å²) in [7, 11) is 0. The maximum Gasteiger partial charge on any atom is 0.343 e. The normalized spacial score (nSPS) is 10.6. The molecular weight excluding hydrogens is 642 g/mol. The van der Waals surface area contributed by atoms with Gasteiger partial charge in [-0.25, -0.2) is 14.4 Å². The second-order valence-electron chi connectivity index (χ2n) is 11.2. The van der Waals surface area contributed by atoms with Gasteiger partial charge in [0.2, 0.25) is 0 Å². The van der Waals surface area contributed by atoms with E-state index in [0.717, 1.165) is 16.7 Å². The molecule has 4 aromatic carbocycles. The van der Waals surface area contributed by atoms with Crippen molar-refractivity contribution in [3.05, 3.63) is 181 Å². The number of pyridine rings is 3. The second-order valence-corrected chi connectivity index (χ2v) is 11.2. The Bertz CT molecular complexity index is 2020. The smallest absolute Gasteiger partial charge is 0.343 e. The summed E-state index contributed by atoms with van der Waals surface area (Å²) in [5.41, 5.74) is 4.54. The quantitative estimate of drug-likeness (QED) is 0.139. The van der Waals surface area contributed by atoms with E-state index >= 15 is 0 Å². The molecule has 3 aromatic heterocycles. The van der Waals surface area contributed by atoms with Crippen molar-refractivity contribution < 1.29 is 28.6 Å². The highest BCUT2D eigenvalue weighted by Gasteiger charge is 2.21. The second kappa shape index (κ2) is 14.9. The first-order chi connectivity index (χ1) is 25.0. The molecule has 0 N–H and O–H groups in total. The third kappa shape index (κ3) is 7.90. The van der Waals surface area contributed by atoms with Gasteiger partial charge >= 0.3 is 17.9 Å². The summed E-state index contributed by atoms with van der Waals surface area (Å²) in [6.45, 7) is 0. The number of carbonyl (C=O) groups is 3. The van der Waals surface area contributed by atoms with Crippen LogP contribution in [-0.4, -0.2) is 32.9 Å². The summed E-state index contributed by atoms with van der Waals surface area (Å²) in [5.74, 6) is -1.95. The Morgan fingerprint density at radius 2 is 0.627 bits per heavy atom. The Balaban J connectivity index is 1.13. The third-order valence-corrected chi connectivity index (χ3v) is 7.69. The first-order valence-corrected chi connectivity index (χ1v) is 15.8. The Morgan fingerprint density at radius 1 is 0.353 bits per heavy atom. The fraction of sp³-hybridized carbons (Fsp3) is 0. The fourth-order valence-electron chi connectivity index (χ4n) is 5.14. The maximum atomic E-state index is 13.4. The zero-order valence-corrected chi connectivity index (χ0v) is 26.9. The van der Waals surface area contributed by atoms with Gasteiger partial charge in [-0.2, -0.15) is 0 Å². The topological polar surface area (TPSA) is 118 Å². The van der Waals surface area contributed by atoms with Crippen molar-refractivity contribution >= 4 is 17.9 Å². The highest BCUT2D eigenvalue weighted by atomic mass is 16.5. The SMILES string of the molecule is O=C(Oc1ccc(-c2ccccc2)nc1)c1cc(C(=O)Oc2ccc(-c3ccccc3)nc2)cc(C(=O)Oc2ccc(-c3ccccc3)nc2)c1. The van der Waals surface area contributed by atoms with Crippen molar-refractivity contribution in [3.8, 4) is 51.0 Å². The molecule has 0 saturated carbocycles. The Kier molecular flexibility index (Phi) is 9.42. The molecule has 0 saturated heterocycles. The van der Waals surface area contributed by atoms with Crippen molar-refractivity contribution in [3.63, 3.8) is 0 Å². The number of nitrogens with zero attached hydrogens (tertiary/aromatic N) is 3. The number of hydrogen-bond donors (Lipinski definition) is 0. The van der Waals surface area contributed by atoms with Gasteiger partial charge in [-0.05, 0) is 54.6 Å². The summed E-state index contributed by atoms with van der Waals surface area (Å²) in [4.78, 5) is 53.4. The number of hydrogen-bond acceptors (Lipinski definition) is 9. The van der Waals surface area contributed by atoms with E-state index in [1.165, 1.54) is 36.8 Å². The predicted molar refractivity (Wildman–Crippen MR) is 190 cm³/mol. The maximum absolute atomic E-state index is 13.4. The summed E-state index contributed by atoms with van der Waals surface area (Å²) >= 11 is 0. The summed E-state index contributed by atoms with van der Waals surface area (Å²) < 4.78 is 16.7. The van der Waals surface area contributed by atoms with Gasteiger partial charge in [0.05, 0.1) is 52.4 Å². The highest BCUT2D eigenvalue weighted by Crippen LogP contribution is 2.24. The van der Waals surface area contributed by atoms with Crippen molar-refractivity contribution in [1.29, 1.82) is 0 Å². The molecule has 0 spiro atoms. The highest BCUT2D eigenvalue weighted by molar-refractivity contribution is 6.02. The molecule has 0 fully saturated rings. The first-order valence-electron chi connectivity index (χ1n) is 15.8. The van der Waals surface area contributed by atoms with Gasteiger partial charge in [-0.1, -0.05) is 91.0 Å². The van der Waals surface area contributed by atoms with E-state index < -0.39 is 17.9 Å². The van der Waals surface area contributed by atoms with Crippen LogP contribution in [0.15, 0.2) is 164 Å². The van der Waals surface area contributed by atoms with Gasteiger partial charge in [-0.15, -0.1) is 0 Å². The van der Waals surface area contributed by atoms with Gasteiger partial charge in [0.15, 0.2) is 0 Å². The number of rotatable bonds is 9. The summed E-state index contributed by atoms with van der Waals surface area (Å²) in [5, 5.41) is 0. The lowest BCUT2D eigenvalue weighted by Crippen LogP contribution is -2.17. The average Bonchev–Trinajstić information content (AvgIpc) is 3.19. The van der Waals surface area contributed by atoms with E-state index in [0.29, 0.717) is 17.1 Å². The van der Waals surface area contributed by atoms with Crippen LogP contribution in [0.25, 0.3) is 33.8 Å². The minimum absolute atomic E-state index is 0.0846. The molecule has 0 unspecified atom stereocenters. The fourth-order valence-corrected chi connectivity index (χ4v) is 5.14. The molecule has 9 heteroatoms. The van der Waals surface area contributed by atoms with Crippen LogP contribution >= 0.6 is 0 Å². The molecule has 0 bridgehead atoms. The van der Waals surface area contributed by atoms with Gasteiger partial charge in [-0.3, -0.25) is 15.0 Å². The third-order valence-electron chi connectivity index (χ3n) is 7.69. The minimum atomic E-state index is -0.823. The van der Waals surface area contributed by atoms with Crippen LogP contribution in [0.1, 0.15) is 31.1 Å². The van der Waals surface area contributed by atoms with Crippen LogP contribution in [-0.2, 0) is 0 Å². The van der Waals surface area contributed by atoms with Crippen LogP contribution in [0.5, 0.6) is 17.2 Å². The molecule has 9 nitrogen and oxygen atoms in total. The standard InChI is InChI=1S/C42H27N3O6/c46-40(49-34-16-19-37(43-25-34)28-10-4-1-5-11-28)31-22-32(41(47)50-35-17-20-38(44-26-35)29-12-6-2-7-13-29)24-33(23-31)42(48)51-36-18-21-39(45-27-36)30-14-8-3-9-15-30/h1-27H. The van der Waals surface area contributed by atoms with Gasteiger partial charge in [0, 0.05) is 16.7 Å². The molecule has 0 atom stereocenters. The largest absolute Gasteiger partial charge is 0.421 e. The molecule has 0 amide bonds. The van der Waals surface area contributed by atoms with Gasteiger partial charge in [0.25, 0.3) is 0 Å². The van der Waals surface area contributed by atoms with Crippen molar-refractivity contribution in [2.45, 2.75) is 0 Å². The molecule has 3 heterocycles. The number of carbonyl (C=O) groups excluding carboxylic acids is 3. The van der Waals surface area contributed by atoms with Crippen LogP contribution in [0, 0.1) is 0 Å². The minimum Gasteiger partial charge on any atom is -0.421 e. The molecule has 51 heavy (non-hydrogen) atoms. The Labute approximate surface area is 292 Å². The van der Waals surface area contributed by atoms with E-state index in [4.69, 9.17) is 14.2 Å². The van der Waals surface area contributed by atoms with E-state index in [2.05, 4.69) is 15.0 Å². The molecule has 7 rings (SSSR count). The summed E-state index contributed by atoms with van der Waals surface area (Å²) in [6, 6.07) is 42.5. The lowest BCUT2D eigenvalue weighted by atomic mass is 10.1. The van der Waals surface area contributed by atoms with E-state index in [9.17, 15) is 14.4 Å². The molecule has 246 valence electrons. The number of esters is 3. The zero-order valence-electron chi connectivity index (χ0n) is 26.9. The van der Waals surface area contributed by atoms with Crippen LogP contribution in [0.3, 0.4) is 0 Å². The number of benzene rings is 4. The van der Waals surface area contributed by atoms with Gasteiger partial charge in [0.1, 0.15) is 17.2 Å². The number of ether oxygens (including phenoxy) is 3. The van der Waals surface area contributed by atoms with E-state index in [1.807, 2.05) is 91.0 Å². The lowest BCUT2D eigenvalue weighted by molar-refractivity contribution is 0.0734. The zero-order chi connectivity index (χ0) is 35.0. The first kappa shape index (κ1) is 32.3. The van der Waals surface area contributed by atoms with Crippen molar-refractivity contribution in [2.75, 3.05) is 0 Å². The average molecular weight is 670 g/mol. The Hall–Kier alpha value is -7.26. The van der Waals surface area contributed by atoms with E-state index in [-0.39, 0.29) is 33.9 Å². The molecule has 7 aromatic rings. The predicted octanol–water partition coefficient (Wildman–Crippen LogP) is 8.53. The summed E-state index contributed by atoms with van der Waals surface area (Å²) in [6.07, 6.45) is 4.27. The molecule has 0 aliphatic carbocycles. The molecule has 0 aliphatic heterocycles. The van der Waals surface area contributed by atoms with Crippen LogP contribution in [0.2, 0.25) is 0 Å².